The molecule has 2 unspecified atom stereocenters. The monoisotopic (exact) mass is 1420 g/mol. The van der Waals surface area contributed by atoms with Crippen LogP contribution in [-0.4, -0.2) is 87.4 Å². The first-order valence-corrected chi connectivity index (χ1v) is 40.9. The van der Waals surface area contributed by atoms with Crippen LogP contribution in [0.5, 0.6) is 0 Å². The summed E-state index contributed by atoms with van der Waals surface area (Å²) < 4.78 is 23.0. The summed E-state index contributed by atoms with van der Waals surface area (Å²) in [6, 6.07) is 0. The lowest BCUT2D eigenvalue weighted by atomic mass is 10.0. The van der Waals surface area contributed by atoms with E-state index < -0.39 is 24.3 Å². The van der Waals surface area contributed by atoms with Gasteiger partial charge in [-0.3, -0.25) is 9.59 Å². The van der Waals surface area contributed by atoms with E-state index in [1.54, 1.807) is 0 Å². The Balaban J connectivity index is 4.15. The van der Waals surface area contributed by atoms with Crippen LogP contribution < -0.4 is 0 Å². The summed E-state index contributed by atoms with van der Waals surface area (Å²) in [5.41, 5.74) is 0. The first-order chi connectivity index (χ1) is 50.6. The Hall–Kier alpha value is -6.39. The van der Waals surface area contributed by atoms with Crippen LogP contribution in [0.2, 0.25) is 0 Å². The Morgan fingerprint density at radius 2 is 0.524 bits per heavy atom. The number of likely N-dealkylation sites (N-methyl/N-ethyl adjacent to an activating group) is 1. The van der Waals surface area contributed by atoms with Crippen LogP contribution >= 0.6 is 0 Å². The molecule has 0 aliphatic heterocycles. The molecule has 0 rings (SSSR count). The number of carbonyl (C=O) groups is 3. The van der Waals surface area contributed by atoms with Crippen LogP contribution in [0, 0.1) is 0 Å². The largest absolute Gasteiger partial charge is 0.477 e. The Labute approximate surface area is 632 Å². The number of unbranched alkanes of at least 4 members (excludes halogenated alkanes) is 22. The van der Waals surface area contributed by atoms with Gasteiger partial charge in [-0.1, -0.05) is 348 Å². The molecule has 0 fully saturated rings. The highest BCUT2D eigenvalue weighted by molar-refractivity contribution is 5.71. The molecule has 0 heterocycles. The molecule has 0 aromatic heterocycles. The van der Waals surface area contributed by atoms with Crippen molar-refractivity contribution in [3.63, 3.8) is 0 Å². The van der Waals surface area contributed by atoms with E-state index in [4.69, 9.17) is 18.9 Å². The minimum Gasteiger partial charge on any atom is -0.477 e. The number of ether oxygens (including phenoxy) is 4. The number of hydrogen-bond donors (Lipinski definition) is 1. The van der Waals surface area contributed by atoms with Gasteiger partial charge in [0.05, 0.1) is 34.4 Å². The first kappa shape index (κ1) is 96.6. The van der Waals surface area contributed by atoms with Crippen molar-refractivity contribution in [2.75, 3.05) is 47.5 Å². The van der Waals surface area contributed by atoms with Gasteiger partial charge in [0.1, 0.15) is 13.2 Å². The van der Waals surface area contributed by atoms with Crippen LogP contribution in [0.4, 0.5) is 0 Å². The summed E-state index contributed by atoms with van der Waals surface area (Å²) in [5.74, 6) is -2.05. The molecule has 0 saturated heterocycles. The third kappa shape index (κ3) is 82.8. The summed E-state index contributed by atoms with van der Waals surface area (Å²) >= 11 is 0. The van der Waals surface area contributed by atoms with Crippen molar-refractivity contribution in [1.82, 2.24) is 0 Å². The lowest BCUT2D eigenvalue weighted by Gasteiger charge is -2.25. The fraction of sp³-hybridized carbons (Fsp3) is 0.585. The van der Waals surface area contributed by atoms with Crippen molar-refractivity contribution < 1.29 is 42.9 Å². The summed E-state index contributed by atoms with van der Waals surface area (Å²) in [5, 5.41) is 9.78. The number of carboxylic acid groups (broad SMARTS) is 1. The maximum Gasteiger partial charge on any atom is 0.361 e. The zero-order chi connectivity index (χ0) is 74.6. The normalized spacial score (nSPS) is 13.8. The van der Waals surface area contributed by atoms with Gasteiger partial charge in [0, 0.05) is 12.8 Å². The molecule has 2 atom stereocenters. The molecule has 0 aliphatic carbocycles. The number of nitrogens with zero attached hydrogens (tertiary/aromatic N) is 1. The molecule has 1 N–H and O–H groups in total. The van der Waals surface area contributed by atoms with Gasteiger partial charge >= 0.3 is 17.9 Å². The van der Waals surface area contributed by atoms with Gasteiger partial charge in [0.15, 0.2) is 6.10 Å². The predicted octanol–water partition coefficient (Wildman–Crippen LogP) is 26.8. The van der Waals surface area contributed by atoms with Gasteiger partial charge in [-0.05, 0) is 154 Å². The minimum atomic E-state index is -1.53. The summed E-state index contributed by atoms with van der Waals surface area (Å²) in [4.78, 5) is 37.8. The molecule has 9 nitrogen and oxygen atoms in total. The zero-order valence-electron chi connectivity index (χ0n) is 66.1. The Morgan fingerprint density at radius 1 is 0.291 bits per heavy atom. The number of allylic oxidation sites excluding steroid dienone is 36. The lowest BCUT2D eigenvalue weighted by molar-refractivity contribution is -0.870. The maximum absolute atomic E-state index is 13.0. The van der Waals surface area contributed by atoms with Gasteiger partial charge < -0.3 is 28.5 Å². The molecular weight excluding hydrogens is 1270 g/mol. The van der Waals surface area contributed by atoms with Crippen molar-refractivity contribution in [3.8, 4) is 0 Å². The van der Waals surface area contributed by atoms with Crippen molar-refractivity contribution >= 4 is 17.9 Å². The third-order valence-electron chi connectivity index (χ3n) is 16.7. The predicted molar refractivity (Wildman–Crippen MR) is 446 cm³/mol. The highest BCUT2D eigenvalue weighted by Crippen LogP contribution is 2.17. The average Bonchev–Trinajstić information content (AvgIpc) is 1.01. The quantitative estimate of drug-likeness (QED) is 0.0211. The number of hydrogen-bond acceptors (Lipinski definition) is 7. The number of carboxylic acids is 1. The summed E-state index contributed by atoms with van der Waals surface area (Å²) in [6.07, 6.45) is 125. The molecule has 9 heteroatoms. The number of carbonyl (C=O) groups excluding carboxylic acids is 2. The summed E-state index contributed by atoms with van der Waals surface area (Å²) in [6.45, 7) is 4.61. The maximum atomic E-state index is 13.0. The molecule has 0 aromatic carbocycles. The number of aliphatic carboxylic acids is 1. The zero-order valence-corrected chi connectivity index (χ0v) is 66.1. The highest BCUT2D eigenvalue weighted by Gasteiger charge is 2.25. The van der Waals surface area contributed by atoms with Crippen LogP contribution in [0.3, 0.4) is 0 Å². The van der Waals surface area contributed by atoms with Crippen LogP contribution in [0.15, 0.2) is 219 Å². The van der Waals surface area contributed by atoms with E-state index in [0.29, 0.717) is 17.4 Å². The molecule has 0 saturated carbocycles. The van der Waals surface area contributed by atoms with Gasteiger partial charge in [0.2, 0.25) is 0 Å². The average molecular weight is 1420 g/mol. The molecular formula is C94H150NO8+. The van der Waals surface area contributed by atoms with E-state index in [2.05, 4.69) is 233 Å². The van der Waals surface area contributed by atoms with Crippen molar-refractivity contribution in [2.45, 2.75) is 309 Å². The lowest BCUT2D eigenvalue weighted by Crippen LogP contribution is -2.40. The number of esters is 2. The van der Waals surface area contributed by atoms with Gasteiger partial charge in [-0.25, -0.2) is 4.79 Å². The van der Waals surface area contributed by atoms with Crippen LogP contribution in [0.1, 0.15) is 296 Å². The fourth-order valence-corrected chi connectivity index (χ4v) is 10.6. The smallest absolute Gasteiger partial charge is 0.361 e. The van der Waals surface area contributed by atoms with Crippen LogP contribution in [0.25, 0.3) is 0 Å². The third-order valence-corrected chi connectivity index (χ3v) is 16.7. The van der Waals surface area contributed by atoms with Gasteiger partial charge in [-0.2, -0.15) is 0 Å². The second-order valence-electron chi connectivity index (χ2n) is 27.6. The molecule has 0 bridgehead atoms. The van der Waals surface area contributed by atoms with Crippen LogP contribution in [-0.2, 0) is 33.3 Å². The van der Waals surface area contributed by atoms with Crippen molar-refractivity contribution in [2.24, 2.45) is 0 Å². The van der Waals surface area contributed by atoms with Gasteiger partial charge in [0.25, 0.3) is 6.29 Å². The molecule has 0 amide bonds. The van der Waals surface area contributed by atoms with E-state index in [1.165, 1.54) is 103 Å². The fourth-order valence-electron chi connectivity index (χ4n) is 10.6. The van der Waals surface area contributed by atoms with E-state index in [-0.39, 0.29) is 38.6 Å². The molecule has 0 radical (unpaired) electrons. The molecule has 578 valence electrons. The standard InChI is InChI=1S/C94H149NO8/c1-6-8-10-12-14-16-18-20-22-24-26-28-30-32-34-36-38-40-42-44-45-46-47-49-51-53-55-57-59-61-63-65-67-69-71-73-75-77-79-81-83-85-92(97)103-90(89-102-94(93(98)99)100-87-86-95(3,4)5)88-101-91(96)84-82-80-78-76-74-72-70-68-66-64-62-60-58-56-54-52-50-48-43-41-39-37-35-33-31-29-27-25-23-21-19-17-15-13-11-9-7-2/h8-11,14-17,20-23,26-29,32-35,38-41,44-45,47,49,53,55,59,61,65,67,71,73,90,94H,6-7,12-13,18-19,24-25,30-31,36-37,42-43,46,48,50-52,54,56-58,60,62-64,66,68-70,72,74-89H2,1-5H3/p+1/b10-8-,11-9-,16-14-,17-15-,22-20-,23-21-,28-26-,29-27-,34-32-,35-33-,40-38-,41-39-,45-44-,49-47-,55-53-,61-59-,67-65-,73-71-. The topological polar surface area (TPSA) is 108 Å². The van der Waals surface area contributed by atoms with E-state index in [9.17, 15) is 19.5 Å². The Bertz CT molecular complexity index is 2510. The Kier molecular flexibility index (Phi) is 76.2. The Morgan fingerprint density at radius 3 is 0.777 bits per heavy atom. The van der Waals surface area contributed by atoms with Crippen molar-refractivity contribution in [3.05, 3.63) is 219 Å². The molecule has 103 heavy (non-hydrogen) atoms. The van der Waals surface area contributed by atoms with E-state index >= 15 is 0 Å². The second kappa shape index (κ2) is 81.3. The first-order valence-electron chi connectivity index (χ1n) is 40.9. The highest BCUT2D eigenvalue weighted by atomic mass is 16.7. The molecule has 0 aromatic rings. The minimum absolute atomic E-state index is 0.172. The van der Waals surface area contributed by atoms with E-state index in [1.807, 2.05) is 21.1 Å². The summed E-state index contributed by atoms with van der Waals surface area (Å²) in [7, 11) is 5.96. The number of rotatable bonds is 73. The molecule has 0 aliphatic rings. The van der Waals surface area contributed by atoms with Gasteiger partial charge in [-0.15, -0.1) is 0 Å². The number of quaternary nitrogens is 1. The van der Waals surface area contributed by atoms with Crippen molar-refractivity contribution in [1.29, 1.82) is 0 Å². The second-order valence-corrected chi connectivity index (χ2v) is 27.6. The molecule has 0 spiro atoms. The van der Waals surface area contributed by atoms with E-state index in [0.717, 1.165) is 161 Å². The SMILES string of the molecule is CC/C=C\C/C=C\C/C=C\C/C=C\C/C=C\C/C=C\C/C=C\C/C=C\C/C=C\C/C=C\C/C=C\C/C=C\CCCCCCC(=O)OC(COC(=O)CCCCCCCCCCCCCCCCCCCC/C=C\C/C=C\C/C=C\C/C=C\C/C=C\C/C=C\CC)COC(OCC[N+](C)(C)C)C(=O)O.